The van der Waals surface area contributed by atoms with Crippen LogP contribution in [0.3, 0.4) is 0 Å². The van der Waals surface area contributed by atoms with Gasteiger partial charge in [-0.25, -0.2) is 4.39 Å². The summed E-state index contributed by atoms with van der Waals surface area (Å²) >= 11 is 5.02. The van der Waals surface area contributed by atoms with Crippen LogP contribution in [0.2, 0.25) is 0 Å². The van der Waals surface area contributed by atoms with Crippen molar-refractivity contribution >= 4 is 17.2 Å². The van der Waals surface area contributed by atoms with Crippen molar-refractivity contribution in [1.82, 2.24) is 9.78 Å². The number of nitrogens with zero attached hydrogens (tertiary/aromatic N) is 2. The molecule has 0 amide bonds. The van der Waals surface area contributed by atoms with E-state index >= 15 is 0 Å². The van der Waals surface area contributed by atoms with Crippen molar-refractivity contribution in [2.24, 2.45) is 5.73 Å². The molecule has 2 aromatic rings. The fourth-order valence-corrected chi connectivity index (χ4v) is 2.69. The number of benzene rings is 1. The van der Waals surface area contributed by atoms with E-state index in [1.807, 2.05) is 18.5 Å². The normalized spacial score (nSPS) is 10.8. The van der Waals surface area contributed by atoms with Crippen LogP contribution < -0.4 is 5.73 Å². The van der Waals surface area contributed by atoms with Gasteiger partial charge in [-0.1, -0.05) is 19.1 Å². The van der Waals surface area contributed by atoms with E-state index in [1.54, 1.807) is 6.07 Å². The topological polar surface area (TPSA) is 43.8 Å². The van der Waals surface area contributed by atoms with Crippen LogP contribution in [0.4, 0.5) is 4.39 Å². The maximum absolute atomic E-state index is 13.5. The standard InChI is InChI=1S/C15H18FN3S/c1-4-13-9(2)18-19(10(13)3)8-11-7-12(16)5-6-14(11)15(17)20/h5-7H,4,8H2,1-3H3,(H2,17,20). The summed E-state index contributed by atoms with van der Waals surface area (Å²) in [6.45, 7) is 6.59. The van der Waals surface area contributed by atoms with Gasteiger partial charge in [0.1, 0.15) is 10.8 Å². The van der Waals surface area contributed by atoms with Crippen molar-refractivity contribution in [3.63, 3.8) is 0 Å². The molecule has 2 rings (SSSR count). The first kappa shape index (κ1) is 14.7. The van der Waals surface area contributed by atoms with E-state index < -0.39 is 0 Å². The van der Waals surface area contributed by atoms with Crippen LogP contribution in [0.15, 0.2) is 18.2 Å². The minimum atomic E-state index is -0.294. The van der Waals surface area contributed by atoms with Gasteiger partial charge in [-0.2, -0.15) is 5.10 Å². The molecule has 0 unspecified atom stereocenters. The Balaban J connectivity index is 2.44. The molecule has 2 N–H and O–H groups in total. The van der Waals surface area contributed by atoms with Gasteiger partial charge in [-0.05, 0) is 49.6 Å². The molecule has 0 radical (unpaired) electrons. The Hall–Kier alpha value is -1.75. The number of thiocarbonyl (C=S) groups is 1. The van der Waals surface area contributed by atoms with Crippen LogP contribution in [0.1, 0.15) is 35.0 Å². The van der Waals surface area contributed by atoms with Crippen molar-refractivity contribution in [3.05, 3.63) is 52.1 Å². The van der Waals surface area contributed by atoms with Gasteiger partial charge in [0.25, 0.3) is 0 Å². The summed E-state index contributed by atoms with van der Waals surface area (Å²) in [6, 6.07) is 4.46. The van der Waals surface area contributed by atoms with E-state index in [0.29, 0.717) is 12.1 Å². The SMILES string of the molecule is CCc1c(C)nn(Cc2cc(F)ccc2C(N)=S)c1C. The van der Waals surface area contributed by atoms with Gasteiger partial charge in [-0.15, -0.1) is 0 Å². The first-order chi connectivity index (χ1) is 9.43. The number of aromatic nitrogens is 2. The number of rotatable bonds is 4. The van der Waals surface area contributed by atoms with E-state index in [4.69, 9.17) is 18.0 Å². The molecule has 0 aliphatic rings. The molecule has 3 nitrogen and oxygen atoms in total. The Bertz CT molecular complexity index is 661. The molecule has 0 saturated carbocycles. The summed E-state index contributed by atoms with van der Waals surface area (Å²) in [5, 5.41) is 4.52. The lowest BCUT2D eigenvalue weighted by Gasteiger charge is -2.10. The van der Waals surface area contributed by atoms with Crippen molar-refractivity contribution in [1.29, 1.82) is 0 Å². The molecule has 106 valence electrons. The minimum Gasteiger partial charge on any atom is -0.389 e. The molecule has 1 aromatic heterocycles. The lowest BCUT2D eigenvalue weighted by atomic mass is 10.1. The van der Waals surface area contributed by atoms with Crippen LogP contribution >= 0.6 is 12.2 Å². The van der Waals surface area contributed by atoms with Gasteiger partial charge in [0, 0.05) is 11.3 Å². The lowest BCUT2D eigenvalue weighted by Crippen LogP contribution is -2.15. The Morgan fingerprint density at radius 1 is 1.40 bits per heavy atom. The second kappa shape index (κ2) is 5.71. The van der Waals surface area contributed by atoms with Crippen molar-refractivity contribution in [3.8, 4) is 0 Å². The first-order valence-electron chi connectivity index (χ1n) is 6.55. The third kappa shape index (κ3) is 2.72. The predicted octanol–water partition coefficient (Wildman–Crippen LogP) is 2.88. The smallest absolute Gasteiger partial charge is 0.123 e. The van der Waals surface area contributed by atoms with Gasteiger partial charge in [0.2, 0.25) is 0 Å². The molecule has 1 aromatic carbocycles. The van der Waals surface area contributed by atoms with Crippen molar-refractivity contribution in [2.45, 2.75) is 33.7 Å². The fraction of sp³-hybridized carbons (Fsp3) is 0.333. The summed E-state index contributed by atoms with van der Waals surface area (Å²) in [5.74, 6) is -0.294. The zero-order valence-corrected chi connectivity index (χ0v) is 12.7. The average molecular weight is 291 g/mol. The molecule has 0 aliphatic carbocycles. The Morgan fingerprint density at radius 3 is 2.65 bits per heavy atom. The summed E-state index contributed by atoms with van der Waals surface area (Å²) < 4.78 is 15.3. The molecule has 5 heteroatoms. The predicted molar refractivity (Wildman–Crippen MR) is 82.5 cm³/mol. The highest BCUT2D eigenvalue weighted by molar-refractivity contribution is 7.80. The highest BCUT2D eigenvalue weighted by atomic mass is 32.1. The second-order valence-corrected chi connectivity index (χ2v) is 5.27. The van der Waals surface area contributed by atoms with Gasteiger partial charge >= 0.3 is 0 Å². The highest BCUT2D eigenvalue weighted by Crippen LogP contribution is 2.18. The van der Waals surface area contributed by atoms with Crippen LogP contribution in [-0.4, -0.2) is 14.8 Å². The number of nitrogens with two attached hydrogens (primary N) is 1. The van der Waals surface area contributed by atoms with Gasteiger partial charge in [0.15, 0.2) is 0 Å². The Kier molecular flexibility index (Phi) is 4.18. The largest absolute Gasteiger partial charge is 0.389 e. The maximum atomic E-state index is 13.5. The average Bonchev–Trinajstić information content (AvgIpc) is 2.63. The first-order valence-corrected chi connectivity index (χ1v) is 6.96. The van der Waals surface area contributed by atoms with E-state index in [9.17, 15) is 4.39 Å². The molecule has 0 aliphatic heterocycles. The zero-order valence-electron chi connectivity index (χ0n) is 11.9. The van der Waals surface area contributed by atoms with E-state index in [2.05, 4.69) is 12.0 Å². The third-order valence-electron chi connectivity index (χ3n) is 3.54. The van der Waals surface area contributed by atoms with E-state index in [1.165, 1.54) is 17.7 Å². The molecule has 20 heavy (non-hydrogen) atoms. The molecular weight excluding hydrogens is 273 g/mol. The molecule has 0 saturated heterocycles. The molecule has 0 bridgehead atoms. The summed E-state index contributed by atoms with van der Waals surface area (Å²) in [7, 11) is 0. The number of halogens is 1. The molecule has 1 heterocycles. The number of aryl methyl sites for hydroxylation is 1. The van der Waals surface area contributed by atoms with Gasteiger partial charge < -0.3 is 5.73 Å². The Labute approximate surface area is 123 Å². The fourth-order valence-electron chi connectivity index (χ4n) is 2.49. The maximum Gasteiger partial charge on any atom is 0.123 e. The summed E-state index contributed by atoms with van der Waals surface area (Å²) in [5.41, 5.74) is 10.5. The van der Waals surface area contributed by atoms with Crippen LogP contribution in [0, 0.1) is 19.7 Å². The number of hydrogen-bond donors (Lipinski definition) is 1. The number of hydrogen-bond acceptors (Lipinski definition) is 2. The van der Waals surface area contributed by atoms with Gasteiger partial charge in [0.05, 0.1) is 12.2 Å². The Morgan fingerprint density at radius 2 is 2.10 bits per heavy atom. The molecule has 0 fully saturated rings. The van der Waals surface area contributed by atoms with Gasteiger partial charge in [-0.3, -0.25) is 4.68 Å². The van der Waals surface area contributed by atoms with E-state index in [0.717, 1.165) is 23.4 Å². The third-order valence-corrected chi connectivity index (χ3v) is 3.76. The molecule has 0 spiro atoms. The second-order valence-electron chi connectivity index (χ2n) is 4.83. The van der Waals surface area contributed by atoms with Crippen molar-refractivity contribution < 1.29 is 4.39 Å². The minimum absolute atomic E-state index is 0.275. The monoisotopic (exact) mass is 291 g/mol. The van der Waals surface area contributed by atoms with Crippen molar-refractivity contribution in [2.75, 3.05) is 0 Å². The summed E-state index contributed by atoms with van der Waals surface area (Å²) in [4.78, 5) is 0.275. The summed E-state index contributed by atoms with van der Waals surface area (Å²) in [6.07, 6.45) is 0.934. The van der Waals surface area contributed by atoms with E-state index in [-0.39, 0.29) is 10.8 Å². The lowest BCUT2D eigenvalue weighted by molar-refractivity contribution is 0.615. The van der Waals surface area contributed by atoms with Crippen LogP contribution in [0.25, 0.3) is 0 Å². The van der Waals surface area contributed by atoms with Crippen LogP contribution in [-0.2, 0) is 13.0 Å². The molecular formula is C15H18FN3S. The molecule has 0 atom stereocenters. The zero-order chi connectivity index (χ0) is 14.9. The highest BCUT2D eigenvalue weighted by Gasteiger charge is 2.13. The van der Waals surface area contributed by atoms with Crippen LogP contribution in [0.5, 0.6) is 0 Å². The quantitative estimate of drug-likeness (QED) is 0.881.